The van der Waals surface area contributed by atoms with Crippen molar-refractivity contribution in [3.05, 3.63) is 185 Å². The van der Waals surface area contributed by atoms with E-state index in [1.807, 2.05) is 0 Å². The van der Waals surface area contributed by atoms with Gasteiger partial charge in [-0.3, -0.25) is 0 Å². The third kappa shape index (κ3) is 6.61. The van der Waals surface area contributed by atoms with Crippen molar-refractivity contribution in [2.24, 2.45) is 11.8 Å². The van der Waals surface area contributed by atoms with Gasteiger partial charge in [-0.25, -0.2) is 0 Å². The van der Waals surface area contributed by atoms with Crippen LogP contribution in [0.4, 0.5) is 17.1 Å². The number of hydrogen-bond donors (Lipinski definition) is 0. The summed E-state index contributed by atoms with van der Waals surface area (Å²) in [5.41, 5.74) is 24.2. The zero-order valence-corrected chi connectivity index (χ0v) is 40.8. The van der Waals surface area contributed by atoms with Gasteiger partial charge in [-0.05, 0) is 162 Å². The van der Waals surface area contributed by atoms with E-state index < -0.39 is 0 Å². The molecule has 0 aliphatic heterocycles. The van der Waals surface area contributed by atoms with E-state index >= 15 is 0 Å². The summed E-state index contributed by atoms with van der Waals surface area (Å²) in [6, 6.07) is 57.4. The number of nitrogens with zero attached hydrogens (tertiary/aromatic N) is 1. The molecular formula is C64H67N. The molecule has 4 aliphatic carbocycles. The molecule has 0 radical (unpaired) electrons. The molecule has 2 fully saturated rings. The molecule has 3 atom stereocenters. The topological polar surface area (TPSA) is 3.24 Å². The first kappa shape index (κ1) is 42.0. The van der Waals surface area contributed by atoms with Crippen LogP contribution >= 0.6 is 0 Å². The summed E-state index contributed by atoms with van der Waals surface area (Å²) < 4.78 is 0. The molecule has 7 aromatic rings. The molecule has 1 heteroatoms. The van der Waals surface area contributed by atoms with Crippen LogP contribution in [0.2, 0.25) is 0 Å². The van der Waals surface area contributed by atoms with E-state index in [4.69, 9.17) is 0 Å². The fraction of sp³-hybridized carbons (Fsp3) is 0.344. The third-order valence-electron chi connectivity index (χ3n) is 16.4. The van der Waals surface area contributed by atoms with Crippen molar-refractivity contribution in [2.75, 3.05) is 4.90 Å². The Labute approximate surface area is 390 Å². The molecule has 0 aromatic heterocycles. The molecule has 11 rings (SSSR count). The maximum atomic E-state index is 2.63. The van der Waals surface area contributed by atoms with E-state index in [-0.39, 0.29) is 27.1 Å². The maximum Gasteiger partial charge on any atom is 0.0540 e. The van der Waals surface area contributed by atoms with Gasteiger partial charge < -0.3 is 4.90 Å². The minimum absolute atomic E-state index is 0.000662. The van der Waals surface area contributed by atoms with Crippen molar-refractivity contribution in [1.29, 1.82) is 0 Å². The van der Waals surface area contributed by atoms with Crippen molar-refractivity contribution >= 4 is 17.1 Å². The molecule has 0 amide bonds. The lowest BCUT2D eigenvalue weighted by atomic mass is 9.67. The van der Waals surface area contributed by atoms with Gasteiger partial charge in [-0.15, -0.1) is 0 Å². The van der Waals surface area contributed by atoms with Crippen LogP contribution in [0, 0.1) is 11.8 Å². The number of hydrogen-bond acceptors (Lipinski definition) is 1. The van der Waals surface area contributed by atoms with Gasteiger partial charge in [0.15, 0.2) is 0 Å². The highest BCUT2D eigenvalue weighted by molar-refractivity contribution is 5.94. The molecule has 0 heterocycles. The molecule has 4 aliphatic rings. The van der Waals surface area contributed by atoms with Crippen molar-refractivity contribution in [1.82, 2.24) is 0 Å². The molecular weight excluding hydrogens is 783 g/mol. The van der Waals surface area contributed by atoms with Gasteiger partial charge in [-0.2, -0.15) is 0 Å². The van der Waals surface area contributed by atoms with E-state index in [2.05, 4.69) is 227 Å². The third-order valence-corrected chi connectivity index (χ3v) is 16.4. The van der Waals surface area contributed by atoms with Crippen molar-refractivity contribution < 1.29 is 0 Å². The quantitative estimate of drug-likeness (QED) is 0.167. The lowest BCUT2D eigenvalue weighted by Gasteiger charge is -2.37. The largest absolute Gasteiger partial charge is 0.310 e. The number of anilines is 3. The van der Waals surface area contributed by atoms with Crippen LogP contribution in [-0.2, 0) is 27.1 Å². The molecule has 65 heavy (non-hydrogen) atoms. The Bertz CT molecular complexity index is 3010. The summed E-state index contributed by atoms with van der Waals surface area (Å²) >= 11 is 0. The second-order valence-corrected chi connectivity index (χ2v) is 23.9. The summed E-state index contributed by atoms with van der Waals surface area (Å²) in [5.74, 6) is 1.50. The SMILES string of the molecule is CC(C)(C)c1cccc(-c2cc(-c3cc(C(C)(C)C)cc(C(C)(C)C)c3)ccc2N(c2ccc3c(c2)C(C)(C)c2ccccc2-3)c2ccc3c(c2)C2(CC4CCC2C4)c2ccccc2-3)c1. The second kappa shape index (κ2) is 14.4. The summed E-state index contributed by atoms with van der Waals surface area (Å²) in [4.78, 5) is 2.62. The Balaban J connectivity index is 1.18. The minimum Gasteiger partial charge on any atom is -0.310 e. The predicted molar refractivity (Wildman–Crippen MR) is 277 cm³/mol. The first-order valence-electron chi connectivity index (χ1n) is 24.5. The second-order valence-electron chi connectivity index (χ2n) is 23.9. The Hall–Kier alpha value is -5.66. The Morgan fingerprint density at radius 2 is 1.00 bits per heavy atom. The molecule has 2 saturated carbocycles. The maximum absolute atomic E-state index is 2.63. The molecule has 2 bridgehead atoms. The highest BCUT2D eigenvalue weighted by Crippen LogP contribution is 2.66. The predicted octanol–water partition coefficient (Wildman–Crippen LogP) is 17.8. The van der Waals surface area contributed by atoms with E-state index in [1.54, 1.807) is 11.1 Å². The van der Waals surface area contributed by atoms with Crippen molar-refractivity contribution in [3.63, 3.8) is 0 Å². The Morgan fingerprint density at radius 1 is 0.431 bits per heavy atom. The summed E-state index contributed by atoms with van der Waals surface area (Å²) in [6.45, 7) is 25.9. The van der Waals surface area contributed by atoms with Gasteiger partial charge in [0.25, 0.3) is 0 Å². The first-order chi connectivity index (χ1) is 30.8. The van der Waals surface area contributed by atoms with Crippen LogP contribution in [0.25, 0.3) is 44.5 Å². The van der Waals surface area contributed by atoms with Crippen LogP contribution in [0.1, 0.15) is 141 Å². The average molecular weight is 850 g/mol. The van der Waals surface area contributed by atoms with E-state index in [0.29, 0.717) is 5.92 Å². The summed E-state index contributed by atoms with van der Waals surface area (Å²) in [7, 11) is 0. The lowest BCUT2D eigenvalue weighted by molar-refractivity contribution is 0.327. The van der Waals surface area contributed by atoms with E-state index in [0.717, 1.165) is 5.92 Å². The molecule has 3 unspecified atom stereocenters. The van der Waals surface area contributed by atoms with Crippen LogP contribution in [0.5, 0.6) is 0 Å². The van der Waals surface area contributed by atoms with Crippen molar-refractivity contribution in [2.45, 2.75) is 129 Å². The van der Waals surface area contributed by atoms with Gasteiger partial charge >= 0.3 is 0 Å². The zero-order chi connectivity index (χ0) is 45.4. The van der Waals surface area contributed by atoms with Crippen LogP contribution in [0.3, 0.4) is 0 Å². The van der Waals surface area contributed by atoms with Crippen LogP contribution in [0.15, 0.2) is 146 Å². The van der Waals surface area contributed by atoms with Gasteiger partial charge in [0.05, 0.1) is 5.69 Å². The molecule has 328 valence electrons. The minimum atomic E-state index is -0.128. The van der Waals surface area contributed by atoms with Gasteiger partial charge in [0.1, 0.15) is 0 Å². The highest BCUT2D eigenvalue weighted by Gasteiger charge is 2.56. The normalized spacial score (nSPS) is 20.2. The van der Waals surface area contributed by atoms with Crippen molar-refractivity contribution in [3.8, 4) is 44.5 Å². The molecule has 7 aromatic carbocycles. The van der Waals surface area contributed by atoms with E-state index in [1.165, 1.54) is 115 Å². The Kier molecular flexibility index (Phi) is 9.32. The standard InChI is InChI=1S/C64H67N/c1-60(2,3)44-18-16-17-42(32-44)54-35-41(43-33-46(61(4,5)6)36-47(34-43)62(7,8)9)24-30-59(54)65(48-26-28-52-50-19-12-14-21-55(50)63(10,11)57(52)37-48)49-27-29-53-51-20-13-15-22-56(51)64(58(53)38-49)39-40-23-25-45(64)31-40/h12-22,24,26-30,32-38,40,45H,23,25,31,39H2,1-11H3. The molecule has 1 spiro atoms. The molecule has 1 nitrogen and oxygen atoms in total. The van der Waals surface area contributed by atoms with Gasteiger partial charge in [-0.1, -0.05) is 192 Å². The highest BCUT2D eigenvalue weighted by atomic mass is 15.1. The molecule has 0 saturated heterocycles. The van der Waals surface area contributed by atoms with Gasteiger partial charge in [0.2, 0.25) is 0 Å². The number of benzene rings is 7. The van der Waals surface area contributed by atoms with Crippen LogP contribution in [-0.4, -0.2) is 0 Å². The summed E-state index contributed by atoms with van der Waals surface area (Å²) in [6.07, 6.45) is 5.32. The first-order valence-corrected chi connectivity index (χ1v) is 24.5. The lowest BCUT2D eigenvalue weighted by Crippen LogP contribution is -2.32. The monoisotopic (exact) mass is 850 g/mol. The van der Waals surface area contributed by atoms with E-state index in [9.17, 15) is 0 Å². The zero-order valence-electron chi connectivity index (χ0n) is 40.8. The molecule has 0 N–H and O–H groups in total. The average Bonchev–Trinajstić information content (AvgIpc) is 4.02. The number of rotatable bonds is 5. The van der Waals surface area contributed by atoms with Crippen LogP contribution < -0.4 is 4.90 Å². The number of fused-ring (bicyclic) bond motifs is 11. The smallest absolute Gasteiger partial charge is 0.0540 e. The summed E-state index contributed by atoms with van der Waals surface area (Å²) in [5, 5.41) is 0. The fourth-order valence-electron chi connectivity index (χ4n) is 12.7. The fourth-order valence-corrected chi connectivity index (χ4v) is 12.7. The Morgan fingerprint density at radius 3 is 1.62 bits per heavy atom. The van der Waals surface area contributed by atoms with Gasteiger partial charge in [0, 0.05) is 27.8 Å².